The number of aromatic carboxylic acids is 1. The third-order valence-electron chi connectivity index (χ3n) is 4.34. The van der Waals surface area contributed by atoms with E-state index in [-0.39, 0.29) is 13.3 Å². The number of pyridine rings is 1. The summed E-state index contributed by atoms with van der Waals surface area (Å²) in [5.41, 5.74) is 1.35. The summed E-state index contributed by atoms with van der Waals surface area (Å²) in [4.78, 5) is 23.0. The third-order valence-corrected chi connectivity index (χ3v) is 4.34. The van der Waals surface area contributed by atoms with Crippen LogP contribution in [0, 0.1) is 0 Å². The van der Waals surface area contributed by atoms with Gasteiger partial charge in [-0.3, -0.25) is 4.79 Å². The van der Waals surface area contributed by atoms with E-state index in [9.17, 15) is 14.7 Å². The maximum Gasteiger partial charge on any atom is 0.341 e. The normalized spacial score (nSPS) is 12.1. The summed E-state index contributed by atoms with van der Waals surface area (Å²) in [6.07, 6.45) is 2.45. The molecule has 0 fully saturated rings. The lowest BCUT2D eigenvalue weighted by molar-refractivity contribution is 0.0694. The first-order chi connectivity index (χ1) is 13.0. The van der Waals surface area contributed by atoms with Crippen molar-refractivity contribution < 1.29 is 24.5 Å². The van der Waals surface area contributed by atoms with E-state index in [4.69, 9.17) is 14.6 Å². The Morgan fingerprint density at radius 2 is 1.85 bits per heavy atom. The van der Waals surface area contributed by atoms with Gasteiger partial charge in [-0.2, -0.15) is 0 Å². The standard InChI is InChI=1S/C20H15NO6/c22-16-10-21(9-15(19(16)23)20(24)25)8-13-3-1-2-4-14(13)12-5-6-17-18(7-12)27-11-26-17/h1-7,9-10,22H,8,11H2,(H,24,25). The van der Waals surface area contributed by atoms with Crippen LogP contribution in [0.4, 0.5) is 0 Å². The van der Waals surface area contributed by atoms with E-state index in [1.54, 1.807) is 0 Å². The van der Waals surface area contributed by atoms with Gasteiger partial charge < -0.3 is 24.3 Å². The number of fused-ring (bicyclic) bond motifs is 1. The van der Waals surface area contributed by atoms with Crippen molar-refractivity contribution in [3.63, 3.8) is 0 Å². The second kappa shape index (κ2) is 6.53. The molecular weight excluding hydrogens is 350 g/mol. The van der Waals surface area contributed by atoms with Crippen molar-refractivity contribution in [3.8, 4) is 28.4 Å². The summed E-state index contributed by atoms with van der Waals surface area (Å²) in [6, 6.07) is 13.2. The molecule has 2 heterocycles. The first-order valence-electron chi connectivity index (χ1n) is 8.17. The lowest BCUT2D eigenvalue weighted by atomic mass is 9.99. The van der Waals surface area contributed by atoms with E-state index in [0.29, 0.717) is 11.5 Å². The van der Waals surface area contributed by atoms with Gasteiger partial charge in [-0.1, -0.05) is 30.3 Å². The number of hydrogen-bond acceptors (Lipinski definition) is 5. The third kappa shape index (κ3) is 3.10. The second-order valence-corrected chi connectivity index (χ2v) is 6.09. The summed E-state index contributed by atoms with van der Waals surface area (Å²) >= 11 is 0. The number of ether oxygens (including phenoxy) is 2. The first-order valence-corrected chi connectivity index (χ1v) is 8.17. The Morgan fingerprint density at radius 3 is 2.67 bits per heavy atom. The van der Waals surface area contributed by atoms with E-state index in [0.717, 1.165) is 16.7 Å². The predicted octanol–water partition coefficient (Wildman–Crippen LogP) is 2.70. The number of carboxylic acids is 1. The van der Waals surface area contributed by atoms with Gasteiger partial charge in [0.1, 0.15) is 5.56 Å². The Balaban J connectivity index is 1.74. The van der Waals surface area contributed by atoms with Gasteiger partial charge >= 0.3 is 5.97 Å². The van der Waals surface area contributed by atoms with Crippen LogP contribution < -0.4 is 14.9 Å². The zero-order valence-corrected chi connectivity index (χ0v) is 14.1. The second-order valence-electron chi connectivity index (χ2n) is 6.09. The van der Waals surface area contributed by atoms with Crippen molar-refractivity contribution in [3.05, 3.63) is 76.2 Å². The highest BCUT2D eigenvalue weighted by Gasteiger charge is 2.16. The molecule has 27 heavy (non-hydrogen) atoms. The SMILES string of the molecule is O=C(O)c1cn(Cc2ccccc2-c2ccc3c(c2)OCO3)cc(O)c1=O. The molecule has 136 valence electrons. The largest absolute Gasteiger partial charge is 0.503 e. The van der Waals surface area contributed by atoms with Crippen LogP contribution in [-0.4, -0.2) is 27.5 Å². The zero-order valence-electron chi connectivity index (χ0n) is 14.1. The fourth-order valence-corrected chi connectivity index (χ4v) is 3.06. The van der Waals surface area contributed by atoms with Crippen molar-refractivity contribution >= 4 is 5.97 Å². The molecule has 7 nitrogen and oxygen atoms in total. The van der Waals surface area contributed by atoms with E-state index in [2.05, 4.69) is 0 Å². The predicted molar refractivity (Wildman–Crippen MR) is 96.4 cm³/mol. The molecule has 1 aromatic heterocycles. The van der Waals surface area contributed by atoms with Gasteiger partial charge in [-0.25, -0.2) is 4.79 Å². The fraction of sp³-hybridized carbons (Fsp3) is 0.100. The van der Waals surface area contributed by atoms with Crippen LogP contribution >= 0.6 is 0 Å². The van der Waals surface area contributed by atoms with Crippen LogP contribution in [0.25, 0.3) is 11.1 Å². The molecule has 3 aromatic rings. The first kappa shape index (κ1) is 16.7. The Hall–Kier alpha value is -3.74. The van der Waals surface area contributed by atoms with Gasteiger partial charge in [0, 0.05) is 12.7 Å². The average molecular weight is 365 g/mol. The lowest BCUT2D eigenvalue weighted by Crippen LogP contribution is -2.17. The summed E-state index contributed by atoms with van der Waals surface area (Å²) in [6.45, 7) is 0.466. The molecule has 4 rings (SSSR count). The van der Waals surface area contributed by atoms with Gasteiger partial charge in [0.25, 0.3) is 0 Å². The molecule has 7 heteroatoms. The number of aromatic nitrogens is 1. The van der Waals surface area contributed by atoms with Crippen molar-refractivity contribution in [2.24, 2.45) is 0 Å². The molecule has 0 saturated carbocycles. The quantitative estimate of drug-likeness (QED) is 0.738. The average Bonchev–Trinajstić information content (AvgIpc) is 3.12. The van der Waals surface area contributed by atoms with Crippen molar-refractivity contribution in [2.45, 2.75) is 6.54 Å². The maximum absolute atomic E-state index is 11.7. The highest BCUT2D eigenvalue weighted by atomic mass is 16.7. The van der Waals surface area contributed by atoms with E-state index in [1.165, 1.54) is 17.0 Å². The minimum atomic E-state index is -1.38. The van der Waals surface area contributed by atoms with Gasteiger partial charge in [0.15, 0.2) is 17.2 Å². The Bertz CT molecular complexity index is 1100. The number of benzene rings is 2. The van der Waals surface area contributed by atoms with Gasteiger partial charge in [-0.15, -0.1) is 0 Å². The topological polar surface area (TPSA) is 98.0 Å². The number of hydrogen-bond donors (Lipinski definition) is 2. The number of nitrogens with zero attached hydrogens (tertiary/aromatic N) is 1. The molecular formula is C20H15NO6. The zero-order chi connectivity index (χ0) is 19.0. The molecule has 0 atom stereocenters. The summed E-state index contributed by atoms with van der Waals surface area (Å²) < 4.78 is 12.2. The molecule has 0 aliphatic carbocycles. The fourth-order valence-electron chi connectivity index (χ4n) is 3.06. The number of aromatic hydroxyl groups is 1. The van der Waals surface area contributed by atoms with Crippen LogP contribution in [0.1, 0.15) is 15.9 Å². The van der Waals surface area contributed by atoms with Crippen LogP contribution in [0.5, 0.6) is 17.2 Å². The molecule has 1 aliphatic heterocycles. The summed E-state index contributed by atoms with van der Waals surface area (Å²) in [5.74, 6) is -0.631. The van der Waals surface area contributed by atoms with Crippen molar-refractivity contribution in [1.29, 1.82) is 0 Å². The molecule has 0 radical (unpaired) electrons. The molecule has 2 aromatic carbocycles. The number of rotatable bonds is 4. The highest BCUT2D eigenvalue weighted by Crippen LogP contribution is 2.36. The monoisotopic (exact) mass is 365 g/mol. The van der Waals surface area contributed by atoms with Crippen LogP contribution in [0.3, 0.4) is 0 Å². The Morgan fingerprint density at radius 1 is 1.07 bits per heavy atom. The number of carbonyl (C=O) groups is 1. The lowest BCUT2D eigenvalue weighted by Gasteiger charge is -2.13. The van der Waals surface area contributed by atoms with Crippen molar-refractivity contribution in [1.82, 2.24) is 4.57 Å². The van der Waals surface area contributed by atoms with Crippen LogP contribution in [0.15, 0.2) is 59.7 Å². The Labute approximate surface area is 153 Å². The summed E-state index contributed by atoms with van der Waals surface area (Å²) in [7, 11) is 0. The summed E-state index contributed by atoms with van der Waals surface area (Å²) in [5, 5.41) is 18.9. The van der Waals surface area contributed by atoms with Crippen LogP contribution in [0.2, 0.25) is 0 Å². The van der Waals surface area contributed by atoms with E-state index >= 15 is 0 Å². The minimum absolute atomic E-state index is 0.190. The smallest absolute Gasteiger partial charge is 0.341 e. The number of carboxylic acid groups (broad SMARTS) is 1. The molecule has 0 saturated heterocycles. The van der Waals surface area contributed by atoms with Crippen molar-refractivity contribution in [2.75, 3.05) is 6.79 Å². The van der Waals surface area contributed by atoms with E-state index < -0.39 is 22.7 Å². The highest BCUT2D eigenvalue weighted by molar-refractivity contribution is 5.87. The molecule has 2 N–H and O–H groups in total. The molecule has 0 unspecified atom stereocenters. The van der Waals surface area contributed by atoms with Gasteiger partial charge in [-0.05, 0) is 28.8 Å². The maximum atomic E-state index is 11.7. The molecule has 0 spiro atoms. The molecule has 0 amide bonds. The van der Waals surface area contributed by atoms with Gasteiger partial charge in [0.2, 0.25) is 12.2 Å². The molecule has 0 bridgehead atoms. The van der Waals surface area contributed by atoms with Gasteiger partial charge in [0.05, 0.1) is 6.20 Å². The molecule has 1 aliphatic rings. The van der Waals surface area contributed by atoms with E-state index in [1.807, 2.05) is 42.5 Å². The Kier molecular flexibility index (Phi) is 4.04. The minimum Gasteiger partial charge on any atom is -0.503 e. The van der Waals surface area contributed by atoms with Crippen LogP contribution in [-0.2, 0) is 6.54 Å².